The van der Waals surface area contributed by atoms with Crippen LogP contribution in [0.25, 0.3) is 0 Å². The van der Waals surface area contributed by atoms with Crippen molar-refractivity contribution in [3.63, 3.8) is 0 Å². The van der Waals surface area contributed by atoms with E-state index in [2.05, 4.69) is 27.8 Å². The van der Waals surface area contributed by atoms with Gasteiger partial charge in [0, 0.05) is 29.4 Å². The average molecular weight is 560 g/mol. The first-order valence-electron chi connectivity index (χ1n) is 13.8. The molecule has 40 heavy (non-hydrogen) atoms. The van der Waals surface area contributed by atoms with Gasteiger partial charge < -0.3 is 26.0 Å². The van der Waals surface area contributed by atoms with Crippen LogP contribution in [-0.2, 0) is 9.59 Å². The van der Waals surface area contributed by atoms with E-state index in [9.17, 15) is 14.4 Å². The number of anilines is 1. The Hall–Kier alpha value is -3.76. The number of urea groups is 1. The van der Waals surface area contributed by atoms with Gasteiger partial charge >= 0.3 is 6.03 Å². The summed E-state index contributed by atoms with van der Waals surface area (Å²) in [5.74, 6) is 1.14. The highest BCUT2D eigenvalue weighted by Crippen LogP contribution is 2.48. The minimum absolute atomic E-state index is 0.0118. The molecule has 2 saturated heterocycles. The maximum atomic E-state index is 13.5. The minimum atomic E-state index is -0.222. The Kier molecular flexibility index (Phi) is 7.53. The van der Waals surface area contributed by atoms with Crippen LogP contribution in [-0.4, -0.2) is 47.9 Å². The van der Waals surface area contributed by atoms with Gasteiger partial charge in [-0.25, -0.2) is 4.79 Å². The smallest absolute Gasteiger partial charge is 0.326 e. The molecule has 3 fully saturated rings. The second-order valence-corrected chi connectivity index (χ2v) is 11.7. The van der Waals surface area contributed by atoms with Crippen LogP contribution in [0.1, 0.15) is 32.1 Å². The van der Waals surface area contributed by atoms with Crippen LogP contribution < -0.4 is 30.9 Å². The number of rotatable bonds is 7. The maximum Gasteiger partial charge on any atom is 0.326 e. The van der Waals surface area contributed by atoms with Crippen LogP contribution in [0, 0.1) is 5.92 Å². The number of ether oxygens (including phenoxy) is 1. The van der Waals surface area contributed by atoms with Crippen molar-refractivity contribution >= 4 is 35.3 Å². The van der Waals surface area contributed by atoms with Gasteiger partial charge in [-0.15, -0.1) is 0 Å². The summed E-state index contributed by atoms with van der Waals surface area (Å²) in [4.78, 5) is 40.9. The van der Waals surface area contributed by atoms with Crippen molar-refractivity contribution in [2.24, 2.45) is 5.92 Å². The lowest BCUT2D eigenvalue weighted by Crippen LogP contribution is -2.62. The van der Waals surface area contributed by atoms with Crippen molar-refractivity contribution in [3.05, 3.63) is 77.9 Å². The molecular weight excluding hydrogens is 526 g/mol. The van der Waals surface area contributed by atoms with Crippen molar-refractivity contribution in [2.45, 2.75) is 55.6 Å². The highest BCUT2D eigenvalue weighted by Gasteiger charge is 2.51. The molecule has 0 bridgehead atoms. The number of nitrogens with zero attached hydrogens (tertiary/aromatic N) is 1. The van der Waals surface area contributed by atoms with Crippen LogP contribution >= 0.6 is 11.8 Å². The summed E-state index contributed by atoms with van der Waals surface area (Å²) < 4.78 is 5.92. The number of nitrogens with one attached hydrogen (secondary N) is 4. The van der Waals surface area contributed by atoms with Crippen molar-refractivity contribution in [1.82, 2.24) is 21.3 Å². The van der Waals surface area contributed by atoms with Crippen molar-refractivity contribution in [3.8, 4) is 11.5 Å². The fourth-order valence-corrected chi connectivity index (χ4v) is 7.51. The lowest BCUT2D eigenvalue weighted by atomic mass is 9.86. The average Bonchev–Trinajstić information content (AvgIpc) is 3.35. The largest absolute Gasteiger partial charge is 0.457 e. The number of hydrogen-bond donors (Lipinski definition) is 4. The SMILES string of the molecule is C=CC(=O)NC1CCC(NC(=O)C2=C3NC(=O)N(c4ccc(Oc5ccccc5)cc4)C4CCNC(S2)C34)CC1. The molecule has 4 N–H and O–H groups in total. The molecule has 1 aliphatic carbocycles. The Morgan fingerprint density at radius 3 is 2.33 bits per heavy atom. The summed E-state index contributed by atoms with van der Waals surface area (Å²) >= 11 is 1.51. The molecule has 9 nitrogen and oxygen atoms in total. The van der Waals surface area contributed by atoms with Crippen LogP contribution in [0.15, 0.2) is 77.9 Å². The van der Waals surface area contributed by atoms with Gasteiger partial charge in [-0.2, -0.15) is 0 Å². The zero-order chi connectivity index (χ0) is 27.6. The minimum Gasteiger partial charge on any atom is -0.457 e. The first-order chi connectivity index (χ1) is 19.5. The summed E-state index contributed by atoms with van der Waals surface area (Å²) in [6.45, 7) is 4.27. The Morgan fingerprint density at radius 1 is 0.950 bits per heavy atom. The molecule has 3 heterocycles. The van der Waals surface area contributed by atoms with E-state index in [0.29, 0.717) is 10.7 Å². The topological polar surface area (TPSA) is 112 Å². The highest BCUT2D eigenvalue weighted by molar-refractivity contribution is 8.04. The molecule has 0 radical (unpaired) electrons. The van der Waals surface area contributed by atoms with Crippen molar-refractivity contribution in [2.75, 3.05) is 11.4 Å². The van der Waals surface area contributed by atoms with E-state index in [1.54, 1.807) is 0 Å². The van der Waals surface area contributed by atoms with Gasteiger partial charge in [-0.1, -0.05) is 36.5 Å². The second kappa shape index (κ2) is 11.4. The van der Waals surface area contributed by atoms with Crippen LogP contribution in [0.2, 0.25) is 0 Å². The van der Waals surface area contributed by atoms with Crippen molar-refractivity contribution < 1.29 is 19.1 Å². The monoisotopic (exact) mass is 559 g/mol. The Balaban J connectivity index is 1.14. The third-order valence-corrected chi connectivity index (χ3v) is 9.39. The number of hydrogen-bond acceptors (Lipinski definition) is 6. The van der Waals surface area contributed by atoms with Crippen LogP contribution in [0.3, 0.4) is 0 Å². The van der Waals surface area contributed by atoms with Gasteiger partial charge in [0.15, 0.2) is 0 Å². The van der Waals surface area contributed by atoms with Crippen molar-refractivity contribution in [1.29, 1.82) is 0 Å². The van der Waals surface area contributed by atoms with E-state index >= 15 is 0 Å². The zero-order valence-electron chi connectivity index (χ0n) is 22.1. The van der Waals surface area contributed by atoms with Gasteiger partial charge in [0.2, 0.25) is 5.91 Å². The summed E-state index contributed by atoms with van der Waals surface area (Å²) in [7, 11) is 0. The molecule has 4 aliphatic rings. The lowest BCUT2D eigenvalue weighted by Gasteiger charge is -2.45. The first-order valence-corrected chi connectivity index (χ1v) is 14.7. The predicted octanol–water partition coefficient (Wildman–Crippen LogP) is 4.00. The van der Waals surface area contributed by atoms with E-state index < -0.39 is 0 Å². The summed E-state index contributed by atoms with van der Waals surface area (Å²) in [6.07, 6.45) is 5.27. The molecule has 2 aromatic carbocycles. The fourth-order valence-electron chi connectivity index (χ4n) is 6.12. The van der Waals surface area contributed by atoms with E-state index in [-0.39, 0.29) is 47.3 Å². The molecule has 3 unspecified atom stereocenters. The number of amides is 4. The molecule has 4 amide bonds. The Bertz CT molecular complexity index is 1320. The van der Waals surface area contributed by atoms with Gasteiger partial charge in [-0.3, -0.25) is 14.5 Å². The molecule has 0 spiro atoms. The normalized spacial score (nSPS) is 27.4. The standard InChI is InChI=1S/C30H33N5O4S/c1-2-24(36)32-18-8-10-19(11-9-18)33-28(37)27-26-25-23(16-17-31-29(25)40-27)35(30(38)34-26)20-12-14-22(15-13-20)39-21-6-4-3-5-7-21/h2-7,12-15,18-19,23,25,29,31H,1,8-11,16-17H2,(H,32,36)(H,33,37)(H,34,38). The number of carbonyl (C=O) groups is 3. The molecule has 0 aromatic heterocycles. The molecule has 6 rings (SSSR count). The summed E-state index contributed by atoms with van der Waals surface area (Å²) in [6, 6.07) is 17.0. The van der Waals surface area contributed by atoms with Crippen LogP contribution in [0.4, 0.5) is 10.5 Å². The Morgan fingerprint density at radius 2 is 1.62 bits per heavy atom. The zero-order valence-corrected chi connectivity index (χ0v) is 22.9. The molecule has 3 atom stereocenters. The van der Waals surface area contributed by atoms with Gasteiger partial charge in [0.25, 0.3) is 5.91 Å². The Labute approximate surface area is 237 Å². The number of thioether (sulfide) groups is 1. The summed E-state index contributed by atoms with van der Waals surface area (Å²) in [5, 5.41) is 12.8. The summed E-state index contributed by atoms with van der Waals surface area (Å²) in [5.41, 5.74) is 1.52. The van der Waals surface area contributed by atoms with E-state index in [1.165, 1.54) is 17.8 Å². The van der Waals surface area contributed by atoms with Gasteiger partial charge in [0.05, 0.1) is 16.3 Å². The van der Waals surface area contributed by atoms with Gasteiger partial charge in [-0.05, 0) is 81.1 Å². The van der Waals surface area contributed by atoms with E-state index in [0.717, 1.165) is 55.8 Å². The number of piperidine rings is 1. The highest BCUT2D eigenvalue weighted by atomic mass is 32.2. The number of carbonyl (C=O) groups excluding carboxylic acids is 3. The molecule has 3 aliphatic heterocycles. The number of para-hydroxylation sites is 1. The van der Waals surface area contributed by atoms with Crippen LogP contribution in [0.5, 0.6) is 11.5 Å². The molecule has 1 saturated carbocycles. The van der Waals surface area contributed by atoms with Gasteiger partial charge in [0.1, 0.15) is 11.5 Å². The predicted molar refractivity (Wildman–Crippen MR) is 155 cm³/mol. The third-order valence-electron chi connectivity index (χ3n) is 8.04. The molecule has 208 valence electrons. The maximum absolute atomic E-state index is 13.5. The van der Waals surface area contributed by atoms with E-state index in [1.807, 2.05) is 59.5 Å². The second-order valence-electron chi connectivity index (χ2n) is 10.6. The fraction of sp³-hybridized carbons (Fsp3) is 0.367. The third kappa shape index (κ3) is 5.33. The number of benzene rings is 2. The first kappa shape index (κ1) is 26.5. The lowest BCUT2D eigenvalue weighted by molar-refractivity contribution is -0.119. The molecule has 10 heteroatoms. The molecule has 2 aromatic rings. The quantitative estimate of drug-likeness (QED) is 0.382. The van der Waals surface area contributed by atoms with E-state index in [4.69, 9.17) is 4.74 Å². The molecular formula is C30H33N5O4S.